The summed E-state index contributed by atoms with van der Waals surface area (Å²) in [5, 5.41) is 0. The van der Waals surface area contributed by atoms with E-state index < -0.39 is 138 Å². The Morgan fingerprint density at radius 3 is 1.73 bits per heavy atom. The molecule has 4 fully saturated rings. The first-order valence-electron chi connectivity index (χ1n) is 20.8. The van der Waals surface area contributed by atoms with E-state index in [1.165, 1.54) is 24.5 Å². The Morgan fingerprint density at radius 1 is 0.687 bits per heavy atom. The van der Waals surface area contributed by atoms with Gasteiger partial charge in [0.25, 0.3) is 0 Å². The van der Waals surface area contributed by atoms with Gasteiger partial charge in [-0.3, -0.25) is 24.1 Å². The van der Waals surface area contributed by atoms with Crippen LogP contribution in [-0.2, 0) is 38.1 Å². The Bertz CT molecular complexity index is 2080. The highest BCUT2D eigenvalue weighted by Gasteiger charge is 2.91. The largest absolute Gasteiger partial charge is 0.502 e. The molecule has 2 saturated carbocycles. The van der Waals surface area contributed by atoms with Gasteiger partial charge in [-0.2, -0.15) is 69.7 Å². The number of esters is 2. The van der Waals surface area contributed by atoms with Crippen LogP contribution in [0.15, 0.2) is 73.1 Å². The summed E-state index contributed by atoms with van der Waals surface area (Å²) in [6.07, 6.45) is -2.78. The molecule has 5 rings (SSSR count). The van der Waals surface area contributed by atoms with E-state index in [1.54, 1.807) is 37.3 Å². The second-order valence-electron chi connectivity index (χ2n) is 16.6. The third-order valence-electron chi connectivity index (χ3n) is 12.8. The maximum absolute atomic E-state index is 16.2. The number of amides is 2. The van der Waals surface area contributed by atoms with Gasteiger partial charge >= 0.3 is 47.7 Å². The molecular formula is C44H46F13NO8S. The fourth-order valence-electron chi connectivity index (χ4n) is 9.41. The summed E-state index contributed by atoms with van der Waals surface area (Å²) in [7, 11) is 1.97. The van der Waals surface area contributed by atoms with Crippen LogP contribution in [0.1, 0.15) is 31.7 Å². The molecule has 1 aromatic carbocycles. The number of alkyl halides is 13. The van der Waals surface area contributed by atoms with Crippen LogP contribution >= 0.6 is 12.6 Å². The number of benzene rings is 1. The second-order valence-corrected chi connectivity index (χ2v) is 17.0. The first-order chi connectivity index (χ1) is 31.2. The van der Waals surface area contributed by atoms with Gasteiger partial charge in [0.15, 0.2) is 0 Å². The molecule has 2 aliphatic heterocycles. The number of ether oxygens (including phenoxy) is 4. The lowest BCUT2D eigenvalue weighted by atomic mass is 9.81. The molecule has 67 heavy (non-hydrogen) atoms. The molecule has 23 heteroatoms. The number of hydrogen-bond donors (Lipinski definition) is 1. The van der Waals surface area contributed by atoms with Crippen LogP contribution in [0, 0.1) is 53.3 Å². The van der Waals surface area contributed by atoms with Crippen molar-refractivity contribution in [2.45, 2.75) is 74.2 Å². The summed E-state index contributed by atoms with van der Waals surface area (Å²) < 4.78 is 210. The Kier molecular flexibility index (Phi) is 16.1. The molecule has 0 aromatic heterocycles. The van der Waals surface area contributed by atoms with Crippen LogP contribution in [0.25, 0.3) is 6.08 Å². The molecule has 0 bridgehead atoms. The molecule has 2 heterocycles. The van der Waals surface area contributed by atoms with Crippen molar-refractivity contribution in [3.05, 3.63) is 78.6 Å². The minimum Gasteiger partial charge on any atom is -0.502 e. The summed E-state index contributed by atoms with van der Waals surface area (Å²) >= 11 is 4.06. The number of thiol groups is 1. The molecule has 0 radical (unpaired) electrons. The van der Waals surface area contributed by atoms with Crippen molar-refractivity contribution >= 4 is 42.5 Å². The van der Waals surface area contributed by atoms with Gasteiger partial charge in [0.1, 0.15) is 11.8 Å². The number of nitrogens with zero attached hydrogens (tertiary/aromatic N) is 1. The van der Waals surface area contributed by atoms with Crippen molar-refractivity contribution in [1.82, 2.24) is 4.90 Å². The van der Waals surface area contributed by atoms with E-state index in [2.05, 4.69) is 12.6 Å². The average Bonchev–Trinajstić information content (AvgIpc) is 4.02. The number of methoxy groups -OCH3 is 2. The number of carbonyl (C=O) groups excluding carboxylic acids is 4. The highest BCUT2D eigenvalue weighted by atomic mass is 32.1. The molecule has 2 saturated heterocycles. The molecule has 9 nitrogen and oxygen atoms in total. The molecule has 2 aliphatic carbocycles. The van der Waals surface area contributed by atoms with E-state index in [9.17, 15) is 58.7 Å². The van der Waals surface area contributed by atoms with Gasteiger partial charge in [-0.05, 0) is 61.5 Å². The Labute approximate surface area is 381 Å². The van der Waals surface area contributed by atoms with Gasteiger partial charge in [0.2, 0.25) is 11.8 Å². The molecule has 4 aliphatic rings. The molecule has 11 unspecified atom stereocenters. The van der Waals surface area contributed by atoms with E-state index in [-0.39, 0.29) is 25.3 Å². The average molecular weight is 996 g/mol. The Morgan fingerprint density at radius 2 is 1.21 bits per heavy atom. The van der Waals surface area contributed by atoms with Crippen LogP contribution < -0.4 is 0 Å². The number of allylic oxidation sites excluding steroid dienone is 4. The standard InChI is InChI=1S/C44H46F13NO8S/c1-4-65-18-16-27-22-26(31-32(27)36(60)58(17-19-67)35(31)59)13-12-25-20-24(21-28(25)39(45,46)40(47,48)41(49,50)42(51,52)43(53,54)44(55,56)57)11-15-30-34(38(62)64-3)33(37(61)63-2)29(66-30)14-10-23-8-6-5-7-9-23/h5-16,18,24-34,67H,4,17,19-22H2,1-3H3/b13-12+,14-10-,15-11+,18-16-. The highest BCUT2D eigenvalue weighted by Crippen LogP contribution is 2.63. The maximum atomic E-state index is 16.2. The van der Waals surface area contributed by atoms with E-state index in [0.29, 0.717) is 5.56 Å². The van der Waals surface area contributed by atoms with Gasteiger partial charge in [-0.15, -0.1) is 0 Å². The van der Waals surface area contributed by atoms with E-state index in [4.69, 9.17) is 18.9 Å². The predicted octanol–water partition coefficient (Wildman–Crippen LogP) is 9.26. The number of rotatable bonds is 18. The van der Waals surface area contributed by atoms with Crippen molar-refractivity contribution in [1.29, 1.82) is 0 Å². The smallest absolute Gasteiger partial charge is 0.460 e. The van der Waals surface area contributed by atoms with Crippen molar-refractivity contribution < 1.29 is 95.2 Å². The third-order valence-corrected chi connectivity index (χ3v) is 13.0. The van der Waals surface area contributed by atoms with Gasteiger partial charge in [-0.1, -0.05) is 66.8 Å². The second kappa shape index (κ2) is 20.2. The van der Waals surface area contributed by atoms with Crippen LogP contribution in [0.3, 0.4) is 0 Å². The lowest BCUT2D eigenvalue weighted by Gasteiger charge is -2.42. The van der Waals surface area contributed by atoms with Gasteiger partial charge in [0.05, 0.1) is 51.1 Å². The topological polar surface area (TPSA) is 108 Å². The number of hydrogen-bond acceptors (Lipinski definition) is 9. The van der Waals surface area contributed by atoms with Gasteiger partial charge in [0, 0.05) is 18.2 Å². The van der Waals surface area contributed by atoms with E-state index in [1.807, 2.05) is 0 Å². The van der Waals surface area contributed by atoms with E-state index in [0.717, 1.165) is 43.4 Å². The SMILES string of the molecule is CCO/C=C\C1CC(/C=C/C2CC(/C=C/C3OC(/C=C\c4ccccc4)C(C(=O)OC)C3C(=O)OC)CC2C(F)(F)C(F)(F)C(F)(F)C(F)(F)C(F)(F)C(F)(F)F)C2C(=O)N(CCS)C(=O)C12. The Balaban J connectivity index is 1.56. The first kappa shape index (κ1) is 53.4. The van der Waals surface area contributed by atoms with Crippen LogP contribution in [-0.4, -0.2) is 110 Å². The minimum absolute atomic E-state index is 0.0398. The highest BCUT2D eigenvalue weighted by molar-refractivity contribution is 7.80. The Hall–Kier alpha value is -4.54. The number of carbonyl (C=O) groups is 4. The third kappa shape index (κ3) is 9.73. The van der Waals surface area contributed by atoms with Crippen molar-refractivity contribution in [2.24, 2.45) is 53.3 Å². The zero-order chi connectivity index (χ0) is 50.1. The number of fused-ring (bicyclic) bond motifs is 1. The van der Waals surface area contributed by atoms with Crippen molar-refractivity contribution in [3.8, 4) is 0 Å². The molecule has 0 spiro atoms. The lowest BCUT2D eigenvalue weighted by molar-refractivity contribution is -0.443. The van der Waals surface area contributed by atoms with Gasteiger partial charge < -0.3 is 18.9 Å². The summed E-state index contributed by atoms with van der Waals surface area (Å²) in [6.45, 7) is 1.71. The predicted molar refractivity (Wildman–Crippen MR) is 214 cm³/mol. The summed E-state index contributed by atoms with van der Waals surface area (Å²) in [5.41, 5.74) is 0.618. The summed E-state index contributed by atoms with van der Waals surface area (Å²) in [5.74, 6) is -55.0. The van der Waals surface area contributed by atoms with E-state index >= 15 is 17.6 Å². The summed E-state index contributed by atoms with van der Waals surface area (Å²) in [4.78, 5) is 54.0. The fourth-order valence-corrected chi connectivity index (χ4v) is 9.61. The fraction of sp³-hybridized carbons (Fsp3) is 0.591. The van der Waals surface area contributed by atoms with Crippen molar-refractivity contribution in [3.63, 3.8) is 0 Å². The van der Waals surface area contributed by atoms with Gasteiger partial charge in [-0.25, -0.2) is 0 Å². The molecule has 11 atom stereocenters. The molecule has 1 aromatic rings. The van der Waals surface area contributed by atoms with Crippen molar-refractivity contribution in [2.75, 3.05) is 33.1 Å². The number of imide groups is 1. The quantitative estimate of drug-likeness (QED) is 0.0388. The lowest BCUT2D eigenvalue weighted by Crippen LogP contribution is -2.71. The van der Waals surface area contributed by atoms with Crippen LogP contribution in [0.2, 0.25) is 0 Å². The normalized spacial score (nSPS) is 30.2. The molecule has 2 amide bonds. The number of halogens is 13. The zero-order valence-corrected chi connectivity index (χ0v) is 36.6. The zero-order valence-electron chi connectivity index (χ0n) is 35.7. The minimum atomic E-state index is -8.12. The number of likely N-dealkylation sites (tertiary alicyclic amines) is 1. The molecule has 0 N–H and O–H groups in total. The maximum Gasteiger partial charge on any atom is 0.460 e. The molecule has 372 valence electrons. The first-order valence-corrected chi connectivity index (χ1v) is 21.4. The summed E-state index contributed by atoms with van der Waals surface area (Å²) in [6, 6.07) is 8.45. The van der Waals surface area contributed by atoms with Crippen LogP contribution in [0.5, 0.6) is 0 Å². The molecular weight excluding hydrogens is 950 g/mol. The monoisotopic (exact) mass is 995 g/mol. The van der Waals surface area contributed by atoms with Crippen LogP contribution in [0.4, 0.5) is 57.1 Å².